The van der Waals surface area contributed by atoms with E-state index >= 15 is 0 Å². The topological polar surface area (TPSA) is 38.1 Å². The first-order valence-corrected chi connectivity index (χ1v) is 5.22. The molecule has 0 spiro atoms. The van der Waals surface area contributed by atoms with E-state index in [0.717, 1.165) is 11.8 Å². The van der Waals surface area contributed by atoms with Crippen molar-refractivity contribution in [2.75, 3.05) is 0 Å². The highest BCUT2D eigenvalue weighted by Crippen LogP contribution is 2.16. The quantitative estimate of drug-likeness (QED) is 0.890. The second-order valence-electron chi connectivity index (χ2n) is 3.76. The summed E-state index contributed by atoms with van der Waals surface area (Å²) >= 11 is 0. The SMILES string of the molecule is CC(NCc1cocn1)c1ccc(F)c(F)c1. The van der Waals surface area contributed by atoms with Crippen LogP contribution in [-0.4, -0.2) is 4.98 Å². The summed E-state index contributed by atoms with van der Waals surface area (Å²) in [6.45, 7) is 2.38. The molecular weight excluding hydrogens is 226 g/mol. The van der Waals surface area contributed by atoms with Crippen molar-refractivity contribution >= 4 is 0 Å². The molecule has 0 amide bonds. The van der Waals surface area contributed by atoms with Gasteiger partial charge in [0, 0.05) is 12.6 Å². The van der Waals surface area contributed by atoms with Crippen molar-refractivity contribution in [2.45, 2.75) is 19.5 Å². The highest BCUT2D eigenvalue weighted by Gasteiger charge is 2.09. The van der Waals surface area contributed by atoms with Crippen molar-refractivity contribution in [3.8, 4) is 0 Å². The van der Waals surface area contributed by atoms with Gasteiger partial charge in [0.1, 0.15) is 6.26 Å². The average molecular weight is 238 g/mol. The van der Waals surface area contributed by atoms with Crippen LogP contribution in [0.5, 0.6) is 0 Å². The molecule has 0 radical (unpaired) electrons. The van der Waals surface area contributed by atoms with Crippen LogP contribution >= 0.6 is 0 Å². The van der Waals surface area contributed by atoms with Gasteiger partial charge in [0.15, 0.2) is 18.0 Å². The molecule has 2 aromatic rings. The lowest BCUT2D eigenvalue weighted by atomic mass is 10.1. The maximum Gasteiger partial charge on any atom is 0.180 e. The molecule has 0 fully saturated rings. The molecule has 3 nitrogen and oxygen atoms in total. The van der Waals surface area contributed by atoms with E-state index in [9.17, 15) is 8.78 Å². The van der Waals surface area contributed by atoms with Crippen LogP contribution in [0.15, 0.2) is 35.3 Å². The third-order valence-electron chi connectivity index (χ3n) is 2.52. The molecule has 1 unspecified atom stereocenters. The van der Waals surface area contributed by atoms with Crippen LogP contribution in [0.25, 0.3) is 0 Å². The highest BCUT2D eigenvalue weighted by molar-refractivity contribution is 5.20. The molecule has 5 heteroatoms. The first-order valence-electron chi connectivity index (χ1n) is 5.22. The summed E-state index contributed by atoms with van der Waals surface area (Å²) in [6.07, 6.45) is 2.88. The number of oxazole rings is 1. The van der Waals surface area contributed by atoms with Crippen molar-refractivity contribution in [3.63, 3.8) is 0 Å². The summed E-state index contributed by atoms with van der Waals surface area (Å²) in [7, 11) is 0. The molecule has 90 valence electrons. The van der Waals surface area contributed by atoms with E-state index < -0.39 is 11.6 Å². The molecule has 1 N–H and O–H groups in total. The van der Waals surface area contributed by atoms with Crippen LogP contribution in [0.1, 0.15) is 24.2 Å². The Kier molecular flexibility index (Phi) is 3.49. The number of nitrogens with zero attached hydrogens (tertiary/aromatic N) is 1. The van der Waals surface area contributed by atoms with Crippen molar-refractivity contribution in [1.82, 2.24) is 10.3 Å². The Morgan fingerprint density at radius 1 is 1.35 bits per heavy atom. The summed E-state index contributed by atoms with van der Waals surface area (Å²) in [5.41, 5.74) is 1.45. The number of hydrogen-bond acceptors (Lipinski definition) is 3. The van der Waals surface area contributed by atoms with E-state index in [2.05, 4.69) is 10.3 Å². The van der Waals surface area contributed by atoms with Crippen LogP contribution < -0.4 is 5.32 Å². The highest BCUT2D eigenvalue weighted by atomic mass is 19.2. The summed E-state index contributed by atoms with van der Waals surface area (Å²) in [6, 6.07) is 3.77. The van der Waals surface area contributed by atoms with Gasteiger partial charge in [-0.25, -0.2) is 13.8 Å². The lowest BCUT2D eigenvalue weighted by Crippen LogP contribution is -2.18. The van der Waals surface area contributed by atoms with Gasteiger partial charge in [-0.2, -0.15) is 0 Å². The van der Waals surface area contributed by atoms with Gasteiger partial charge in [-0.3, -0.25) is 0 Å². The molecule has 1 heterocycles. The summed E-state index contributed by atoms with van der Waals surface area (Å²) < 4.78 is 30.6. The van der Waals surface area contributed by atoms with E-state index in [-0.39, 0.29) is 6.04 Å². The third kappa shape index (κ3) is 2.88. The zero-order chi connectivity index (χ0) is 12.3. The maximum atomic E-state index is 13.0. The minimum Gasteiger partial charge on any atom is -0.451 e. The number of hydrogen-bond donors (Lipinski definition) is 1. The third-order valence-corrected chi connectivity index (χ3v) is 2.52. The Bertz CT molecular complexity index is 485. The van der Waals surface area contributed by atoms with Crippen LogP contribution in [0, 0.1) is 11.6 Å². The van der Waals surface area contributed by atoms with E-state index in [1.54, 1.807) is 6.07 Å². The van der Waals surface area contributed by atoms with Crippen LogP contribution in [0.4, 0.5) is 8.78 Å². The average Bonchev–Trinajstić information content (AvgIpc) is 2.82. The van der Waals surface area contributed by atoms with Gasteiger partial charge in [-0.05, 0) is 24.6 Å². The Labute approximate surface area is 97.5 Å². The van der Waals surface area contributed by atoms with Crippen LogP contribution in [0.3, 0.4) is 0 Å². The number of aromatic nitrogens is 1. The fraction of sp³-hybridized carbons (Fsp3) is 0.250. The smallest absolute Gasteiger partial charge is 0.180 e. The minimum atomic E-state index is -0.836. The lowest BCUT2D eigenvalue weighted by Gasteiger charge is -2.13. The Morgan fingerprint density at radius 3 is 2.82 bits per heavy atom. The molecule has 0 saturated heterocycles. The molecule has 1 aromatic carbocycles. The first-order chi connectivity index (χ1) is 8.16. The number of rotatable bonds is 4. The van der Waals surface area contributed by atoms with Gasteiger partial charge >= 0.3 is 0 Å². The van der Waals surface area contributed by atoms with Crippen molar-refractivity contribution in [2.24, 2.45) is 0 Å². The van der Waals surface area contributed by atoms with E-state index in [0.29, 0.717) is 12.1 Å². The Hall–Kier alpha value is -1.75. The normalized spacial score (nSPS) is 12.6. The zero-order valence-electron chi connectivity index (χ0n) is 9.28. The zero-order valence-corrected chi connectivity index (χ0v) is 9.28. The van der Waals surface area contributed by atoms with Gasteiger partial charge in [0.25, 0.3) is 0 Å². The molecular formula is C12H12F2N2O. The molecule has 0 aliphatic carbocycles. The Balaban J connectivity index is 1.99. The molecule has 0 saturated carbocycles. The number of benzene rings is 1. The van der Waals surface area contributed by atoms with Crippen LogP contribution in [0.2, 0.25) is 0 Å². The van der Waals surface area contributed by atoms with Gasteiger partial charge in [-0.15, -0.1) is 0 Å². The van der Waals surface area contributed by atoms with E-state index in [4.69, 9.17) is 4.42 Å². The largest absolute Gasteiger partial charge is 0.451 e. The van der Waals surface area contributed by atoms with E-state index in [1.165, 1.54) is 18.7 Å². The molecule has 1 aromatic heterocycles. The molecule has 0 bridgehead atoms. The van der Waals surface area contributed by atoms with Gasteiger partial charge in [0.05, 0.1) is 5.69 Å². The standard InChI is InChI=1S/C12H12F2N2O/c1-8(15-5-10-6-17-7-16-10)9-2-3-11(13)12(14)4-9/h2-4,6-8,15H,5H2,1H3. The lowest BCUT2D eigenvalue weighted by molar-refractivity contribution is 0.500. The number of nitrogens with one attached hydrogen (secondary N) is 1. The minimum absolute atomic E-state index is 0.0956. The predicted octanol–water partition coefficient (Wildman–Crippen LogP) is 2.80. The van der Waals surface area contributed by atoms with E-state index in [1.807, 2.05) is 6.92 Å². The maximum absolute atomic E-state index is 13.0. The molecule has 1 atom stereocenters. The van der Waals surface area contributed by atoms with Crippen molar-refractivity contribution in [3.05, 3.63) is 53.7 Å². The van der Waals surface area contributed by atoms with Gasteiger partial charge < -0.3 is 9.73 Å². The first kappa shape index (κ1) is 11.7. The molecule has 0 aliphatic rings. The second kappa shape index (κ2) is 5.05. The summed E-state index contributed by atoms with van der Waals surface area (Å²) in [5, 5.41) is 3.14. The van der Waals surface area contributed by atoms with Gasteiger partial charge in [0.2, 0.25) is 0 Å². The van der Waals surface area contributed by atoms with Crippen molar-refractivity contribution < 1.29 is 13.2 Å². The molecule has 2 rings (SSSR count). The summed E-state index contributed by atoms with van der Waals surface area (Å²) in [4.78, 5) is 3.95. The fourth-order valence-electron chi connectivity index (χ4n) is 1.48. The van der Waals surface area contributed by atoms with Crippen LogP contribution in [-0.2, 0) is 6.54 Å². The summed E-state index contributed by atoms with van der Waals surface area (Å²) in [5.74, 6) is -1.67. The van der Waals surface area contributed by atoms with Crippen molar-refractivity contribution in [1.29, 1.82) is 0 Å². The Morgan fingerprint density at radius 2 is 2.18 bits per heavy atom. The molecule has 17 heavy (non-hydrogen) atoms. The molecule has 0 aliphatic heterocycles. The van der Waals surface area contributed by atoms with Gasteiger partial charge in [-0.1, -0.05) is 6.07 Å². The monoisotopic (exact) mass is 238 g/mol. The fourth-order valence-corrected chi connectivity index (χ4v) is 1.48. The predicted molar refractivity (Wildman–Crippen MR) is 58.1 cm³/mol. The second-order valence-corrected chi connectivity index (χ2v) is 3.76. The number of halogens is 2.